The van der Waals surface area contributed by atoms with Gasteiger partial charge in [-0.25, -0.2) is 0 Å². The molecule has 2 heterocycles. The number of halogens is 3. The Bertz CT molecular complexity index is 713. The highest BCUT2D eigenvalue weighted by Gasteiger charge is 2.24. The molecule has 0 atom stereocenters. The van der Waals surface area contributed by atoms with Crippen LogP contribution >= 0.6 is 39.1 Å². The normalized spacial score (nSPS) is 15.9. The molecular weight excluding hydrogens is 403 g/mol. The van der Waals surface area contributed by atoms with Gasteiger partial charge in [-0.3, -0.25) is 14.8 Å². The Kier molecular flexibility index (Phi) is 5.26. The molecular formula is C15H15BrCl2N4O. The lowest BCUT2D eigenvalue weighted by molar-refractivity contribution is 0.0622. The van der Waals surface area contributed by atoms with Crippen molar-refractivity contribution in [1.29, 1.82) is 0 Å². The number of benzene rings is 1. The van der Waals surface area contributed by atoms with Gasteiger partial charge in [0.1, 0.15) is 5.69 Å². The second-order valence-electron chi connectivity index (χ2n) is 5.41. The van der Waals surface area contributed by atoms with Crippen molar-refractivity contribution >= 4 is 45.0 Å². The first-order chi connectivity index (χ1) is 11.0. The highest BCUT2D eigenvalue weighted by molar-refractivity contribution is 9.10. The molecule has 1 aliphatic heterocycles. The molecule has 5 nitrogen and oxygen atoms in total. The van der Waals surface area contributed by atoms with Crippen LogP contribution in [0, 0.1) is 0 Å². The van der Waals surface area contributed by atoms with Crippen molar-refractivity contribution in [2.24, 2.45) is 0 Å². The van der Waals surface area contributed by atoms with Crippen LogP contribution in [0.25, 0.3) is 0 Å². The Morgan fingerprint density at radius 2 is 1.96 bits per heavy atom. The predicted octanol–water partition coefficient (Wildman–Crippen LogP) is 3.44. The van der Waals surface area contributed by atoms with Crippen LogP contribution in [0.15, 0.2) is 28.9 Å². The van der Waals surface area contributed by atoms with Gasteiger partial charge in [-0.15, -0.1) is 0 Å². The van der Waals surface area contributed by atoms with Crippen molar-refractivity contribution in [1.82, 2.24) is 20.0 Å². The van der Waals surface area contributed by atoms with Crippen LogP contribution in [0.5, 0.6) is 0 Å². The summed E-state index contributed by atoms with van der Waals surface area (Å²) >= 11 is 15.3. The van der Waals surface area contributed by atoms with E-state index in [4.69, 9.17) is 23.2 Å². The zero-order valence-electron chi connectivity index (χ0n) is 12.2. The zero-order chi connectivity index (χ0) is 16.4. The molecule has 23 heavy (non-hydrogen) atoms. The summed E-state index contributed by atoms with van der Waals surface area (Å²) in [6, 6.07) is 5.69. The lowest BCUT2D eigenvalue weighted by atomic mass is 10.2. The van der Waals surface area contributed by atoms with Gasteiger partial charge in [0.05, 0.1) is 20.7 Å². The molecule has 0 unspecified atom stereocenters. The second-order valence-corrected chi connectivity index (χ2v) is 7.08. The van der Waals surface area contributed by atoms with Gasteiger partial charge in [0.25, 0.3) is 5.91 Å². The Labute approximate surface area is 152 Å². The minimum Gasteiger partial charge on any atom is -0.335 e. The Morgan fingerprint density at radius 1 is 1.22 bits per heavy atom. The molecule has 1 fully saturated rings. The van der Waals surface area contributed by atoms with Crippen LogP contribution in [0.1, 0.15) is 16.1 Å². The third kappa shape index (κ3) is 3.88. The topological polar surface area (TPSA) is 52.2 Å². The van der Waals surface area contributed by atoms with E-state index in [1.165, 1.54) is 0 Å². The maximum absolute atomic E-state index is 12.4. The second kappa shape index (κ2) is 7.21. The highest BCUT2D eigenvalue weighted by atomic mass is 79.9. The molecule has 122 valence electrons. The molecule has 1 aliphatic rings. The summed E-state index contributed by atoms with van der Waals surface area (Å²) in [5.74, 6) is -0.0245. The molecule has 0 aliphatic carbocycles. The summed E-state index contributed by atoms with van der Waals surface area (Å²) in [4.78, 5) is 16.5. The first-order valence-corrected chi connectivity index (χ1v) is 8.74. The first-order valence-electron chi connectivity index (χ1n) is 7.19. The van der Waals surface area contributed by atoms with Gasteiger partial charge in [-0.05, 0) is 33.6 Å². The van der Waals surface area contributed by atoms with E-state index in [1.54, 1.807) is 6.20 Å². The Morgan fingerprint density at radius 3 is 2.57 bits per heavy atom. The largest absolute Gasteiger partial charge is 0.335 e. The number of hydrogen-bond donors (Lipinski definition) is 1. The number of piperazine rings is 1. The lowest BCUT2D eigenvalue weighted by Gasteiger charge is -2.34. The summed E-state index contributed by atoms with van der Waals surface area (Å²) in [6.45, 7) is 3.80. The molecule has 1 aromatic carbocycles. The average molecular weight is 418 g/mol. The maximum atomic E-state index is 12.4. The van der Waals surface area contributed by atoms with Crippen molar-refractivity contribution in [3.8, 4) is 0 Å². The van der Waals surface area contributed by atoms with Crippen molar-refractivity contribution < 1.29 is 4.79 Å². The fourth-order valence-electron chi connectivity index (χ4n) is 2.58. The molecule has 0 radical (unpaired) electrons. The Balaban J connectivity index is 1.57. The van der Waals surface area contributed by atoms with E-state index >= 15 is 0 Å². The summed E-state index contributed by atoms with van der Waals surface area (Å²) in [7, 11) is 0. The van der Waals surface area contributed by atoms with Crippen LogP contribution < -0.4 is 0 Å². The number of carbonyl (C=O) groups excluding carboxylic acids is 1. The van der Waals surface area contributed by atoms with E-state index in [9.17, 15) is 4.79 Å². The van der Waals surface area contributed by atoms with E-state index in [-0.39, 0.29) is 5.91 Å². The van der Waals surface area contributed by atoms with Gasteiger partial charge in [0.15, 0.2) is 0 Å². The third-order valence-electron chi connectivity index (χ3n) is 3.86. The van der Waals surface area contributed by atoms with Gasteiger partial charge in [0.2, 0.25) is 0 Å². The number of amides is 1. The summed E-state index contributed by atoms with van der Waals surface area (Å²) in [5.41, 5.74) is 1.62. The molecule has 8 heteroatoms. The van der Waals surface area contributed by atoms with Crippen LogP contribution in [-0.4, -0.2) is 52.1 Å². The standard InChI is InChI=1S/C15H15BrCl2N4O/c16-11-8-19-20-14(11)15(23)22-5-3-21(4-6-22)9-10-1-2-12(17)13(18)7-10/h1-2,7-8H,3-6,9H2,(H,19,20). The van der Waals surface area contributed by atoms with Crippen molar-refractivity contribution in [3.63, 3.8) is 0 Å². The molecule has 1 aromatic heterocycles. The van der Waals surface area contributed by atoms with Crippen LogP contribution in [0.4, 0.5) is 0 Å². The molecule has 1 saturated heterocycles. The van der Waals surface area contributed by atoms with Gasteiger partial charge in [-0.2, -0.15) is 5.10 Å². The fraction of sp³-hybridized carbons (Fsp3) is 0.333. The number of rotatable bonds is 3. The minimum absolute atomic E-state index is 0.0245. The number of carbonyl (C=O) groups is 1. The quantitative estimate of drug-likeness (QED) is 0.832. The van der Waals surface area contributed by atoms with Gasteiger partial charge < -0.3 is 4.90 Å². The maximum Gasteiger partial charge on any atom is 0.273 e. The summed E-state index contributed by atoms with van der Waals surface area (Å²) < 4.78 is 0.695. The van der Waals surface area contributed by atoms with E-state index in [1.807, 2.05) is 23.1 Å². The van der Waals surface area contributed by atoms with E-state index in [0.717, 1.165) is 25.2 Å². The summed E-state index contributed by atoms with van der Waals surface area (Å²) in [6.07, 6.45) is 1.59. The van der Waals surface area contributed by atoms with E-state index < -0.39 is 0 Å². The monoisotopic (exact) mass is 416 g/mol. The predicted molar refractivity (Wildman–Crippen MR) is 93.9 cm³/mol. The Hall–Kier alpha value is -1.08. The number of nitrogens with one attached hydrogen (secondary N) is 1. The number of aromatic amines is 1. The van der Waals surface area contributed by atoms with Gasteiger partial charge in [-0.1, -0.05) is 29.3 Å². The van der Waals surface area contributed by atoms with E-state index in [2.05, 4.69) is 31.0 Å². The fourth-order valence-corrected chi connectivity index (χ4v) is 3.27. The van der Waals surface area contributed by atoms with Crippen molar-refractivity contribution in [2.45, 2.75) is 6.54 Å². The number of hydrogen-bond acceptors (Lipinski definition) is 3. The molecule has 0 saturated carbocycles. The number of aromatic nitrogens is 2. The molecule has 0 bridgehead atoms. The molecule has 3 rings (SSSR count). The van der Waals surface area contributed by atoms with Crippen LogP contribution in [0.2, 0.25) is 10.0 Å². The number of H-pyrrole nitrogens is 1. The SMILES string of the molecule is O=C(c1[nH]ncc1Br)N1CCN(Cc2ccc(Cl)c(Cl)c2)CC1. The van der Waals surface area contributed by atoms with Gasteiger partial charge in [0, 0.05) is 32.7 Å². The third-order valence-corrected chi connectivity index (χ3v) is 5.20. The number of nitrogens with zero attached hydrogens (tertiary/aromatic N) is 3. The molecule has 2 aromatic rings. The average Bonchev–Trinajstić information content (AvgIpc) is 2.97. The highest BCUT2D eigenvalue weighted by Crippen LogP contribution is 2.23. The van der Waals surface area contributed by atoms with Crippen LogP contribution in [-0.2, 0) is 6.54 Å². The van der Waals surface area contributed by atoms with Crippen molar-refractivity contribution in [2.75, 3.05) is 26.2 Å². The molecule has 0 spiro atoms. The summed E-state index contributed by atoms with van der Waals surface area (Å²) in [5, 5.41) is 7.74. The van der Waals surface area contributed by atoms with E-state index in [0.29, 0.717) is 33.3 Å². The molecule has 1 amide bonds. The zero-order valence-corrected chi connectivity index (χ0v) is 15.3. The van der Waals surface area contributed by atoms with Gasteiger partial charge >= 0.3 is 0 Å². The molecule has 1 N–H and O–H groups in total. The first kappa shape index (κ1) is 16.8. The van der Waals surface area contributed by atoms with Crippen LogP contribution in [0.3, 0.4) is 0 Å². The van der Waals surface area contributed by atoms with Crippen molar-refractivity contribution in [3.05, 3.63) is 50.2 Å². The lowest BCUT2D eigenvalue weighted by Crippen LogP contribution is -2.48. The minimum atomic E-state index is -0.0245. The smallest absolute Gasteiger partial charge is 0.273 e.